The molecule has 1 radical (unpaired) electrons. The second-order valence-electron chi connectivity index (χ2n) is 5.50. The molecule has 0 N–H and O–H groups in total. The Bertz CT molecular complexity index is 499. The molecule has 155 valence electrons. The maximum atomic E-state index is 10.5. The third-order valence-corrected chi connectivity index (χ3v) is 4.96. The van der Waals surface area contributed by atoms with Crippen molar-refractivity contribution in [1.82, 2.24) is 0 Å². The van der Waals surface area contributed by atoms with Gasteiger partial charge in [-0.3, -0.25) is 9.59 Å². The van der Waals surface area contributed by atoms with Gasteiger partial charge in [0, 0.05) is 32.6 Å². The van der Waals surface area contributed by atoms with E-state index in [2.05, 4.69) is 11.6 Å². The molecule has 1 aromatic rings. The van der Waals surface area contributed by atoms with Crippen molar-refractivity contribution >= 4 is 29.9 Å². The normalized spacial score (nSPS) is 17.5. The second kappa shape index (κ2) is 18.3. The van der Waals surface area contributed by atoms with Gasteiger partial charge in [-0.05, 0) is 31.1 Å². The molecule has 1 aliphatic rings. The third-order valence-electron chi connectivity index (χ3n) is 3.81. The molecule has 0 aromatic heterocycles. The van der Waals surface area contributed by atoms with Crippen molar-refractivity contribution < 1.29 is 39.5 Å². The second-order valence-corrected chi connectivity index (χ2v) is 6.58. The number of carbonyl (C=O) groups excluding carboxylic acids is 2. The number of nitrogens with zero attached hydrogens (tertiary/aromatic N) is 1. The van der Waals surface area contributed by atoms with Gasteiger partial charge in [0.15, 0.2) is 0 Å². The van der Waals surface area contributed by atoms with Crippen molar-refractivity contribution in [3.63, 3.8) is 0 Å². The molecule has 7 heteroatoms. The van der Waals surface area contributed by atoms with Gasteiger partial charge in [0.05, 0.1) is 0 Å². The molecule has 0 spiro atoms. The number of rotatable bonds is 6. The first kappa shape index (κ1) is 28.2. The fourth-order valence-corrected chi connectivity index (χ4v) is 3.39. The summed E-state index contributed by atoms with van der Waals surface area (Å²) in [6.45, 7) is 6.31. The number of thioether (sulfide) groups is 1. The van der Waals surface area contributed by atoms with Crippen molar-refractivity contribution in [2.24, 2.45) is 0 Å². The fourth-order valence-electron chi connectivity index (χ4n) is 2.49. The molecule has 1 aliphatic carbocycles. The van der Waals surface area contributed by atoms with Crippen LogP contribution in [-0.2, 0) is 46.1 Å². The minimum atomic E-state index is -0.260. The van der Waals surface area contributed by atoms with Gasteiger partial charge in [0.25, 0.3) is 6.47 Å². The van der Waals surface area contributed by atoms with Gasteiger partial charge in [-0.2, -0.15) is 11.8 Å². The van der Waals surface area contributed by atoms with Crippen LogP contribution in [0.5, 0.6) is 0 Å². The van der Waals surface area contributed by atoms with E-state index < -0.39 is 0 Å². The zero-order chi connectivity index (χ0) is 19.8. The minimum absolute atomic E-state index is 0. The summed E-state index contributed by atoms with van der Waals surface area (Å²) in [7, 11) is 1.74. The maximum Gasteiger partial charge on any atom is 0.302 e. The van der Waals surface area contributed by atoms with Crippen LogP contribution in [0.3, 0.4) is 0 Å². The van der Waals surface area contributed by atoms with E-state index in [9.17, 15) is 9.59 Å². The van der Waals surface area contributed by atoms with Crippen LogP contribution < -0.4 is 0 Å². The molecule has 1 saturated carbocycles. The van der Waals surface area contributed by atoms with Crippen LogP contribution in [-0.4, -0.2) is 37.1 Å². The summed E-state index contributed by atoms with van der Waals surface area (Å²) in [5.74, 6) is -0.260. The van der Waals surface area contributed by atoms with E-state index in [4.69, 9.17) is 9.47 Å². The quantitative estimate of drug-likeness (QED) is 0.347. The molecule has 1 fully saturated rings. The number of benzene rings is 1. The van der Waals surface area contributed by atoms with Crippen LogP contribution in [0.4, 0.5) is 5.69 Å². The fraction of sp³-hybridized carbons (Fsp3) is 0.600. The van der Waals surface area contributed by atoms with E-state index in [1.54, 1.807) is 7.05 Å². The Morgan fingerprint density at radius 2 is 1.81 bits per heavy atom. The molecule has 0 amide bonds. The zero-order valence-electron chi connectivity index (χ0n) is 16.9. The summed E-state index contributed by atoms with van der Waals surface area (Å²) in [6.07, 6.45) is 6.98. The monoisotopic (exact) mass is 569 g/mol. The van der Waals surface area contributed by atoms with E-state index in [0.29, 0.717) is 18.3 Å². The Hall–Kier alpha value is -1.03. The van der Waals surface area contributed by atoms with Gasteiger partial charge in [-0.25, -0.2) is 0 Å². The van der Waals surface area contributed by atoms with Crippen LogP contribution in [0.15, 0.2) is 24.3 Å². The number of esters is 1. The molecular formula is C20H32NO4ReS-. The van der Waals surface area contributed by atoms with Gasteiger partial charge in [0.2, 0.25) is 0 Å². The standard InChI is InChI=1S/C10H12NO2.C8H14O2S.C2H6.Re/c1-8(12)13-7-9-3-5-10(11-2)6-4-9;1-11-8-5-3-2-4-7(8)10-6-9;1-2;/h3-6H,7H2,1-2H3;6-8H,2-5H2,1H3;1-2H3;/q-1;;;. The molecular weight excluding hydrogens is 536 g/mol. The van der Waals surface area contributed by atoms with Crippen LogP contribution in [0.1, 0.15) is 52.0 Å². The van der Waals surface area contributed by atoms with Crippen molar-refractivity contribution in [3.8, 4) is 0 Å². The van der Waals surface area contributed by atoms with E-state index in [-0.39, 0.29) is 32.5 Å². The topological polar surface area (TPSA) is 66.7 Å². The first-order chi connectivity index (χ1) is 12.6. The van der Waals surface area contributed by atoms with E-state index in [1.807, 2.05) is 49.9 Å². The van der Waals surface area contributed by atoms with Gasteiger partial charge < -0.3 is 14.8 Å². The maximum absolute atomic E-state index is 10.5. The number of hydrogen-bond acceptors (Lipinski definition) is 5. The van der Waals surface area contributed by atoms with E-state index >= 15 is 0 Å². The predicted octanol–water partition coefficient (Wildman–Crippen LogP) is 5.24. The smallest absolute Gasteiger partial charge is 0.302 e. The van der Waals surface area contributed by atoms with Crippen LogP contribution >= 0.6 is 11.8 Å². The molecule has 5 nitrogen and oxygen atoms in total. The summed E-state index contributed by atoms with van der Waals surface area (Å²) in [5.41, 5.74) is 1.90. The minimum Gasteiger partial charge on any atom is -0.687 e. The summed E-state index contributed by atoms with van der Waals surface area (Å²) in [4.78, 5) is 20.6. The molecule has 1 aromatic carbocycles. The van der Waals surface area contributed by atoms with Gasteiger partial charge in [0.1, 0.15) is 12.7 Å². The van der Waals surface area contributed by atoms with E-state index in [0.717, 1.165) is 17.7 Å². The summed E-state index contributed by atoms with van der Waals surface area (Å²) in [5, 5.41) is 4.54. The number of ether oxygens (including phenoxy) is 2. The summed E-state index contributed by atoms with van der Waals surface area (Å²) >= 11 is 1.81. The zero-order valence-corrected chi connectivity index (χ0v) is 20.5. The first-order valence-electron chi connectivity index (χ1n) is 9.04. The Morgan fingerprint density at radius 1 is 1.22 bits per heavy atom. The van der Waals surface area contributed by atoms with Crippen LogP contribution in [0.2, 0.25) is 0 Å². The largest absolute Gasteiger partial charge is 0.687 e. The van der Waals surface area contributed by atoms with Crippen LogP contribution in [0, 0.1) is 0 Å². The van der Waals surface area contributed by atoms with Gasteiger partial charge in [-0.15, -0.1) is 12.7 Å². The molecule has 27 heavy (non-hydrogen) atoms. The van der Waals surface area contributed by atoms with Crippen molar-refractivity contribution in [2.75, 3.05) is 13.3 Å². The average Bonchev–Trinajstić information content (AvgIpc) is 2.69. The molecule has 2 rings (SSSR count). The number of carbonyl (C=O) groups is 2. The van der Waals surface area contributed by atoms with Gasteiger partial charge >= 0.3 is 5.97 Å². The number of hydrogen-bond donors (Lipinski definition) is 0. The first-order valence-corrected chi connectivity index (χ1v) is 10.3. The molecule has 0 aliphatic heterocycles. The Kier molecular flexibility index (Phi) is 19.1. The van der Waals surface area contributed by atoms with E-state index in [1.165, 1.54) is 26.2 Å². The summed E-state index contributed by atoms with van der Waals surface area (Å²) < 4.78 is 9.82. The Labute approximate surface area is 182 Å². The molecule has 0 heterocycles. The Morgan fingerprint density at radius 3 is 2.30 bits per heavy atom. The predicted molar refractivity (Wildman–Crippen MR) is 109 cm³/mol. The van der Waals surface area contributed by atoms with Crippen LogP contribution in [0.25, 0.3) is 5.32 Å². The SMILES string of the molecule is CC.CSC1CCCCC1OC=O.C[N-]c1ccc(COC(C)=O)cc1.[Re]. The summed E-state index contributed by atoms with van der Waals surface area (Å²) in [6, 6.07) is 7.56. The van der Waals surface area contributed by atoms with Gasteiger partial charge in [-0.1, -0.05) is 44.5 Å². The Balaban J connectivity index is 0. The molecule has 0 saturated heterocycles. The molecule has 0 bridgehead atoms. The van der Waals surface area contributed by atoms with Crippen molar-refractivity contribution in [3.05, 3.63) is 35.1 Å². The molecule has 2 atom stereocenters. The van der Waals surface area contributed by atoms with Crippen molar-refractivity contribution in [1.29, 1.82) is 0 Å². The van der Waals surface area contributed by atoms with Crippen molar-refractivity contribution in [2.45, 2.75) is 64.4 Å². The molecule has 2 unspecified atom stereocenters. The average molecular weight is 569 g/mol. The third kappa shape index (κ3) is 12.9.